The number of amides is 1. The number of aryl methyl sites for hydroxylation is 1. The lowest BCUT2D eigenvalue weighted by Crippen LogP contribution is -2.48. The molecule has 2 aliphatic heterocycles. The Kier molecular flexibility index (Phi) is 8.50. The molecule has 2 aromatic carbocycles. The van der Waals surface area contributed by atoms with Crippen LogP contribution in [0.2, 0.25) is 5.02 Å². The van der Waals surface area contributed by atoms with Gasteiger partial charge >= 0.3 is 0 Å². The van der Waals surface area contributed by atoms with E-state index in [4.69, 9.17) is 16.3 Å². The molecule has 0 aromatic heterocycles. The molecule has 2 N–H and O–H groups in total. The maximum atomic E-state index is 13.2. The summed E-state index contributed by atoms with van der Waals surface area (Å²) in [6, 6.07) is 11.0. The third-order valence-corrected chi connectivity index (χ3v) is 10.8. The number of nitrogens with one attached hydrogen (secondary N) is 1. The lowest BCUT2D eigenvalue weighted by molar-refractivity contribution is -0.0312. The van der Waals surface area contributed by atoms with Crippen LogP contribution in [0.5, 0.6) is 5.75 Å². The van der Waals surface area contributed by atoms with Crippen molar-refractivity contribution in [3.05, 3.63) is 70.3 Å². The molecule has 9 heteroatoms. The fourth-order valence-electron chi connectivity index (χ4n) is 6.14. The van der Waals surface area contributed by atoms with Crippen LogP contribution in [0.1, 0.15) is 73.9 Å². The van der Waals surface area contributed by atoms with E-state index in [9.17, 15) is 18.3 Å². The van der Waals surface area contributed by atoms with Gasteiger partial charge in [0.1, 0.15) is 12.4 Å². The lowest BCUT2D eigenvalue weighted by atomic mass is 9.65. The summed E-state index contributed by atoms with van der Waals surface area (Å²) in [5, 5.41) is 11.3. The third-order valence-electron chi connectivity index (χ3n) is 8.82. The molecule has 4 atom stereocenters. The van der Waals surface area contributed by atoms with Crippen LogP contribution in [-0.4, -0.2) is 43.4 Å². The molecular weight excluding hydrogens is 548 g/mol. The zero-order chi connectivity index (χ0) is 28.5. The number of nitrogens with zero attached hydrogens (tertiary/aromatic N) is 1. The van der Waals surface area contributed by atoms with Crippen LogP contribution in [0, 0.1) is 11.8 Å². The van der Waals surface area contributed by atoms with E-state index >= 15 is 0 Å². The van der Waals surface area contributed by atoms with E-state index in [1.807, 2.05) is 37.3 Å². The Morgan fingerprint density at radius 3 is 2.70 bits per heavy atom. The summed E-state index contributed by atoms with van der Waals surface area (Å²) in [7, 11) is -3.88. The highest BCUT2D eigenvalue weighted by Gasteiger charge is 2.43. The van der Waals surface area contributed by atoms with E-state index in [2.05, 4.69) is 9.62 Å². The molecule has 0 saturated heterocycles. The SMILES string of the molecule is C[C@H]1CC/C=C/[C@@](C)(O)[C@@H]2CC[C@H]2CN2CCCCc3cc(Cl)ccc3COc3ccc(cc32)C(=O)NS1(=O)=O. The predicted molar refractivity (Wildman–Crippen MR) is 158 cm³/mol. The topological polar surface area (TPSA) is 95.9 Å². The molecule has 0 spiro atoms. The average molecular weight is 587 g/mol. The fraction of sp³-hybridized carbons (Fsp3) is 0.516. The first-order valence-corrected chi connectivity index (χ1v) is 16.2. The Hall–Kier alpha value is -2.55. The molecule has 0 unspecified atom stereocenters. The molecule has 2 heterocycles. The van der Waals surface area contributed by atoms with Crippen molar-refractivity contribution in [2.24, 2.45) is 11.8 Å². The summed E-state index contributed by atoms with van der Waals surface area (Å²) in [5.74, 6) is 0.367. The number of carbonyl (C=O) groups excluding carboxylic acids is 1. The first-order chi connectivity index (χ1) is 19.0. The van der Waals surface area contributed by atoms with Crippen molar-refractivity contribution in [1.29, 1.82) is 0 Å². The molecule has 3 aliphatic rings. The molecule has 2 aromatic rings. The van der Waals surface area contributed by atoms with Gasteiger partial charge in [0.05, 0.1) is 16.5 Å². The minimum absolute atomic E-state index is 0.0956. The number of hydrogen-bond acceptors (Lipinski definition) is 6. The Balaban J connectivity index is 1.55. The summed E-state index contributed by atoms with van der Waals surface area (Å²) >= 11 is 6.29. The van der Waals surface area contributed by atoms with Crippen LogP contribution in [0.4, 0.5) is 5.69 Å². The normalized spacial score (nSPS) is 29.9. The van der Waals surface area contributed by atoms with Crippen LogP contribution in [0.25, 0.3) is 0 Å². The second kappa shape index (κ2) is 11.7. The molecule has 1 amide bonds. The second-order valence-corrected chi connectivity index (χ2v) is 14.3. The maximum Gasteiger partial charge on any atom is 0.264 e. The molecule has 0 radical (unpaired) electrons. The van der Waals surface area contributed by atoms with Gasteiger partial charge in [-0.05, 0) is 112 Å². The van der Waals surface area contributed by atoms with Gasteiger partial charge in [-0.15, -0.1) is 0 Å². The Bertz CT molecular complexity index is 1390. The van der Waals surface area contributed by atoms with Crippen molar-refractivity contribution in [1.82, 2.24) is 4.72 Å². The summed E-state index contributed by atoms with van der Waals surface area (Å²) < 4.78 is 34.5. The number of carbonyl (C=O) groups is 1. The standard InChI is InChI=1S/C31H39ClN2O5S/c1-21-7-3-5-15-31(2,36)27-13-10-24(27)19-34-16-6-4-8-22-17-26(32)12-9-25(22)20-39-29-14-11-23(18-28(29)34)30(35)33-40(21,37)38/h5,9,11-12,14-15,17-18,21,24,27,36H,3-4,6-8,10,13,16,19-20H2,1-2H3,(H,33,35)/b15-5+/t21-,24-,27+,31+/m0/s1. The molecular formula is C31H39ClN2O5S. The number of hydrogen-bond donors (Lipinski definition) is 2. The van der Waals surface area contributed by atoms with Gasteiger partial charge in [-0.2, -0.15) is 0 Å². The van der Waals surface area contributed by atoms with Crippen molar-refractivity contribution in [3.8, 4) is 5.75 Å². The zero-order valence-corrected chi connectivity index (χ0v) is 24.8. The van der Waals surface area contributed by atoms with Crippen molar-refractivity contribution in [2.45, 2.75) is 76.3 Å². The van der Waals surface area contributed by atoms with Crippen molar-refractivity contribution in [2.75, 3.05) is 18.0 Å². The van der Waals surface area contributed by atoms with Crippen LogP contribution >= 0.6 is 11.6 Å². The van der Waals surface area contributed by atoms with Crippen molar-refractivity contribution < 1.29 is 23.1 Å². The van der Waals surface area contributed by atoms with Crippen LogP contribution < -0.4 is 14.4 Å². The van der Waals surface area contributed by atoms with Crippen LogP contribution in [0.15, 0.2) is 48.6 Å². The number of benzene rings is 2. The number of fused-ring (bicyclic) bond motifs is 3. The third kappa shape index (κ3) is 6.34. The van der Waals surface area contributed by atoms with E-state index in [0.29, 0.717) is 36.8 Å². The van der Waals surface area contributed by atoms with Crippen molar-refractivity contribution in [3.63, 3.8) is 0 Å². The number of ether oxygens (including phenoxy) is 1. The van der Waals surface area contributed by atoms with Gasteiger partial charge in [-0.3, -0.25) is 4.79 Å². The maximum absolute atomic E-state index is 13.2. The highest BCUT2D eigenvalue weighted by Crippen LogP contribution is 2.44. The van der Waals surface area contributed by atoms with Crippen LogP contribution in [-0.2, 0) is 23.1 Å². The predicted octanol–water partition coefficient (Wildman–Crippen LogP) is 5.64. The number of allylic oxidation sites excluding steroid dienone is 1. The Labute approximate surface area is 242 Å². The van der Waals surface area contributed by atoms with Gasteiger partial charge < -0.3 is 14.7 Å². The minimum atomic E-state index is -3.88. The van der Waals surface area contributed by atoms with Gasteiger partial charge in [-0.25, -0.2) is 13.1 Å². The second-order valence-electron chi connectivity index (χ2n) is 11.7. The number of halogens is 1. The molecule has 2 bridgehead atoms. The molecule has 7 nitrogen and oxygen atoms in total. The Morgan fingerprint density at radius 2 is 1.93 bits per heavy atom. The van der Waals surface area contributed by atoms with E-state index < -0.39 is 26.8 Å². The molecule has 40 heavy (non-hydrogen) atoms. The number of sulfonamides is 1. The first-order valence-electron chi connectivity index (χ1n) is 14.3. The molecule has 216 valence electrons. The summed E-state index contributed by atoms with van der Waals surface area (Å²) in [6.07, 6.45) is 9.27. The smallest absolute Gasteiger partial charge is 0.264 e. The largest absolute Gasteiger partial charge is 0.487 e. The highest BCUT2D eigenvalue weighted by molar-refractivity contribution is 7.90. The first kappa shape index (κ1) is 29.0. The summed E-state index contributed by atoms with van der Waals surface area (Å²) in [6.45, 7) is 5.27. The highest BCUT2D eigenvalue weighted by atomic mass is 35.5. The Morgan fingerprint density at radius 1 is 1.10 bits per heavy atom. The quantitative estimate of drug-likeness (QED) is 0.388. The van der Waals surface area contributed by atoms with Gasteiger partial charge in [0.2, 0.25) is 10.0 Å². The molecule has 5 rings (SSSR count). The monoisotopic (exact) mass is 586 g/mol. The minimum Gasteiger partial charge on any atom is -0.487 e. The molecule has 1 fully saturated rings. The fourth-order valence-corrected chi connectivity index (χ4v) is 7.36. The summed E-state index contributed by atoms with van der Waals surface area (Å²) in [4.78, 5) is 15.4. The van der Waals surface area contributed by atoms with Gasteiger partial charge in [0.15, 0.2) is 0 Å². The van der Waals surface area contributed by atoms with E-state index in [1.54, 1.807) is 25.1 Å². The van der Waals surface area contributed by atoms with Crippen molar-refractivity contribution >= 4 is 33.2 Å². The molecule has 1 aliphatic carbocycles. The van der Waals surface area contributed by atoms with Gasteiger partial charge in [-0.1, -0.05) is 29.8 Å². The van der Waals surface area contributed by atoms with Gasteiger partial charge in [0.25, 0.3) is 5.91 Å². The van der Waals surface area contributed by atoms with Crippen LogP contribution in [0.3, 0.4) is 0 Å². The number of aliphatic hydroxyl groups is 1. The zero-order valence-electron chi connectivity index (χ0n) is 23.2. The lowest BCUT2D eigenvalue weighted by Gasteiger charge is -2.47. The average Bonchev–Trinajstić information content (AvgIpc) is 2.91. The van der Waals surface area contributed by atoms with E-state index in [0.717, 1.165) is 49.9 Å². The number of anilines is 1. The number of rotatable bonds is 0. The van der Waals surface area contributed by atoms with E-state index in [-0.39, 0.29) is 17.4 Å². The summed E-state index contributed by atoms with van der Waals surface area (Å²) in [5.41, 5.74) is 2.30. The van der Waals surface area contributed by atoms with E-state index in [1.165, 1.54) is 5.56 Å². The molecule has 1 saturated carbocycles. The van der Waals surface area contributed by atoms with Gasteiger partial charge in [0, 0.05) is 23.7 Å².